The second kappa shape index (κ2) is 9.49. The molecule has 1 N–H and O–H groups in total. The number of amides is 2. The number of hydrogen-bond acceptors (Lipinski definition) is 6. The lowest BCUT2D eigenvalue weighted by atomic mass is 9.99. The lowest BCUT2D eigenvalue weighted by molar-refractivity contribution is -0.140. The molecule has 0 aliphatic carbocycles. The molecule has 2 aromatic rings. The van der Waals surface area contributed by atoms with Gasteiger partial charge >= 0.3 is 0 Å². The van der Waals surface area contributed by atoms with Gasteiger partial charge in [-0.15, -0.1) is 16.7 Å². The lowest BCUT2D eigenvalue weighted by Gasteiger charge is -2.25. The number of aryl methyl sites for hydroxylation is 1. The molecule has 1 unspecified atom stereocenters. The molecule has 30 heavy (non-hydrogen) atoms. The molecule has 1 fully saturated rings. The molecule has 2 amide bonds. The first-order chi connectivity index (χ1) is 14.3. The van der Waals surface area contributed by atoms with Crippen molar-refractivity contribution in [2.75, 3.05) is 12.4 Å². The van der Waals surface area contributed by atoms with Gasteiger partial charge in [-0.25, -0.2) is 5.01 Å². The Hall–Kier alpha value is -2.58. The molecule has 0 radical (unpaired) electrons. The van der Waals surface area contributed by atoms with Crippen LogP contribution in [0.4, 0.5) is 5.69 Å². The van der Waals surface area contributed by atoms with Crippen molar-refractivity contribution in [2.24, 2.45) is 5.18 Å². The van der Waals surface area contributed by atoms with Crippen LogP contribution in [-0.4, -0.2) is 29.2 Å². The van der Waals surface area contributed by atoms with Crippen LogP contribution in [0.5, 0.6) is 5.75 Å². The van der Waals surface area contributed by atoms with Crippen LogP contribution in [0.1, 0.15) is 41.8 Å². The molecular weight excluding hydrogens is 426 g/mol. The summed E-state index contributed by atoms with van der Waals surface area (Å²) in [5, 5.41) is 4.63. The average Bonchev–Trinajstić information content (AvgIpc) is 3.07. The van der Waals surface area contributed by atoms with E-state index in [-0.39, 0.29) is 29.6 Å². The molecule has 158 valence electrons. The summed E-state index contributed by atoms with van der Waals surface area (Å²) in [5.74, 6) is 0.227. The monoisotopic (exact) mass is 447 g/mol. The topological polar surface area (TPSA) is 88.1 Å². The summed E-state index contributed by atoms with van der Waals surface area (Å²) in [6.45, 7) is 5.41. The van der Waals surface area contributed by atoms with Gasteiger partial charge in [-0.2, -0.15) is 0 Å². The van der Waals surface area contributed by atoms with Crippen LogP contribution >= 0.6 is 23.4 Å². The highest BCUT2D eigenvalue weighted by atomic mass is 35.5. The Morgan fingerprint density at radius 3 is 2.67 bits per heavy atom. The summed E-state index contributed by atoms with van der Waals surface area (Å²) < 4.78 is 5.72. The summed E-state index contributed by atoms with van der Waals surface area (Å²) in [7, 11) is 0. The number of rotatable bonds is 7. The van der Waals surface area contributed by atoms with Crippen LogP contribution in [0.3, 0.4) is 0 Å². The van der Waals surface area contributed by atoms with Gasteiger partial charge in [-0.3, -0.25) is 15.0 Å². The van der Waals surface area contributed by atoms with Gasteiger partial charge in [0.15, 0.2) is 6.61 Å². The minimum atomic E-state index is -0.449. The predicted molar refractivity (Wildman–Crippen MR) is 118 cm³/mol. The average molecular weight is 448 g/mol. The van der Waals surface area contributed by atoms with Crippen molar-refractivity contribution >= 4 is 40.9 Å². The molecule has 1 saturated heterocycles. The number of hydrogen-bond donors (Lipinski definition) is 1. The Balaban J connectivity index is 1.69. The smallest absolute Gasteiger partial charge is 0.276 e. The number of nitrogens with one attached hydrogen (secondary N) is 1. The van der Waals surface area contributed by atoms with E-state index < -0.39 is 5.91 Å². The molecule has 3 rings (SSSR count). The number of thioether (sulfide) groups is 1. The molecule has 7 nitrogen and oxygen atoms in total. The Kier molecular flexibility index (Phi) is 6.99. The number of carbonyl (C=O) groups excluding carboxylic acids is 2. The van der Waals surface area contributed by atoms with E-state index in [4.69, 9.17) is 16.3 Å². The maximum absolute atomic E-state index is 12.5. The zero-order valence-corrected chi connectivity index (χ0v) is 18.4. The minimum absolute atomic E-state index is 0.0787. The molecule has 9 heteroatoms. The van der Waals surface area contributed by atoms with Crippen LogP contribution in [0.15, 0.2) is 41.6 Å². The van der Waals surface area contributed by atoms with Gasteiger partial charge in [0.2, 0.25) is 0 Å². The Morgan fingerprint density at radius 2 is 2.03 bits per heavy atom. The molecule has 1 aliphatic heterocycles. The van der Waals surface area contributed by atoms with E-state index in [9.17, 15) is 14.5 Å². The van der Waals surface area contributed by atoms with E-state index in [2.05, 4.69) is 10.6 Å². The van der Waals surface area contributed by atoms with E-state index >= 15 is 0 Å². The van der Waals surface area contributed by atoms with Gasteiger partial charge < -0.3 is 4.74 Å². The number of nitrogens with zero attached hydrogens (tertiary/aromatic N) is 2. The maximum atomic E-state index is 12.5. The van der Waals surface area contributed by atoms with E-state index in [1.807, 2.05) is 26.0 Å². The summed E-state index contributed by atoms with van der Waals surface area (Å²) >= 11 is 7.36. The molecular formula is C21H22ClN3O4S. The maximum Gasteiger partial charge on any atom is 0.276 e. The Morgan fingerprint density at radius 1 is 1.33 bits per heavy atom. The first-order valence-electron chi connectivity index (χ1n) is 9.39. The van der Waals surface area contributed by atoms with Gasteiger partial charge in [0, 0.05) is 5.02 Å². The van der Waals surface area contributed by atoms with Gasteiger partial charge in [-0.05, 0) is 59.0 Å². The minimum Gasteiger partial charge on any atom is -0.483 e. The van der Waals surface area contributed by atoms with Crippen LogP contribution < -0.4 is 10.2 Å². The quantitative estimate of drug-likeness (QED) is 0.612. The number of nitroso groups, excluding NO2 is 1. The van der Waals surface area contributed by atoms with Gasteiger partial charge in [-0.1, -0.05) is 37.6 Å². The van der Waals surface area contributed by atoms with Gasteiger partial charge in [0.25, 0.3) is 11.8 Å². The van der Waals surface area contributed by atoms with Crippen LogP contribution in [0.25, 0.3) is 0 Å². The van der Waals surface area contributed by atoms with Crippen LogP contribution in [-0.2, 0) is 9.59 Å². The zero-order chi connectivity index (χ0) is 21.8. The third-order valence-corrected chi connectivity index (χ3v) is 6.14. The molecule has 1 heterocycles. The Labute approximate surface area is 184 Å². The molecule has 2 aromatic carbocycles. The normalized spacial score (nSPS) is 16.1. The van der Waals surface area contributed by atoms with Crippen molar-refractivity contribution in [1.82, 2.24) is 10.4 Å². The predicted octanol–water partition coefficient (Wildman–Crippen LogP) is 4.85. The largest absolute Gasteiger partial charge is 0.483 e. The van der Waals surface area contributed by atoms with Crippen LogP contribution in [0, 0.1) is 11.8 Å². The second-order valence-electron chi connectivity index (χ2n) is 7.22. The molecule has 1 aliphatic rings. The third kappa shape index (κ3) is 4.94. The SMILES string of the molecule is Cc1cc(OCC(=O)NN2C(=O)CSC2c2ccc(Cl)cc2)c(C(C)C)cc1N=O. The van der Waals surface area contributed by atoms with E-state index in [0.717, 1.165) is 11.1 Å². The van der Waals surface area contributed by atoms with E-state index in [0.29, 0.717) is 22.0 Å². The zero-order valence-electron chi connectivity index (χ0n) is 16.8. The van der Waals surface area contributed by atoms with E-state index in [1.165, 1.54) is 16.8 Å². The number of halogens is 1. The summed E-state index contributed by atoms with van der Waals surface area (Å²) in [4.78, 5) is 35.8. The number of hydrazine groups is 1. The van der Waals surface area contributed by atoms with Crippen molar-refractivity contribution in [3.8, 4) is 5.75 Å². The second-order valence-corrected chi connectivity index (χ2v) is 8.73. The number of carbonyl (C=O) groups is 2. The Bertz CT molecular complexity index is 965. The highest BCUT2D eigenvalue weighted by molar-refractivity contribution is 8.00. The fourth-order valence-electron chi connectivity index (χ4n) is 3.09. The van der Waals surface area contributed by atoms with Crippen molar-refractivity contribution in [1.29, 1.82) is 0 Å². The molecule has 1 atom stereocenters. The van der Waals surface area contributed by atoms with Crippen molar-refractivity contribution in [3.05, 3.63) is 63.0 Å². The third-order valence-electron chi connectivity index (χ3n) is 4.68. The van der Waals surface area contributed by atoms with Crippen molar-refractivity contribution < 1.29 is 14.3 Å². The van der Waals surface area contributed by atoms with Gasteiger partial charge in [0.05, 0.1) is 5.75 Å². The molecule has 0 saturated carbocycles. The number of ether oxygens (including phenoxy) is 1. The summed E-state index contributed by atoms with van der Waals surface area (Å²) in [6.07, 6.45) is 0. The van der Waals surface area contributed by atoms with Crippen molar-refractivity contribution in [2.45, 2.75) is 32.1 Å². The highest BCUT2D eigenvalue weighted by Gasteiger charge is 2.34. The fourth-order valence-corrected chi connectivity index (χ4v) is 4.32. The standard InChI is InChI=1S/C21H22ClN3O4S/c1-12(2)16-9-17(24-28)13(3)8-18(16)29-10-19(26)23-25-20(27)11-30-21(25)14-4-6-15(22)7-5-14/h4-9,12,21H,10-11H2,1-3H3,(H,23,26). The van der Waals surface area contributed by atoms with Crippen LogP contribution in [0.2, 0.25) is 5.02 Å². The number of benzene rings is 2. The highest BCUT2D eigenvalue weighted by Crippen LogP contribution is 2.37. The summed E-state index contributed by atoms with van der Waals surface area (Å²) in [6, 6.07) is 10.5. The molecule has 0 aromatic heterocycles. The molecule has 0 bridgehead atoms. The lowest BCUT2D eigenvalue weighted by Crippen LogP contribution is -2.46. The first-order valence-corrected chi connectivity index (χ1v) is 10.8. The summed E-state index contributed by atoms with van der Waals surface area (Å²) in [5.41, 5.74) is 5.31. The van der Waals surface area contributed by atoms with Gasteiger partial charge in [0.1, 0.15) is 16.8 Å². The van der Waals surface area contributed by atoms with Crippen molar-refractivity contribution in [3.63, 3.8) is 0 Å². The molecule has 0 spiro atoms. The van der Waals surface area contributed by atoms with E-state index in [1.54, 1.807) is 31.2 Å². The first kappa shape index (κ1) is 22.1. The fraction of sp³-hybridized carbons (Fsp3) is 0.333.